The van der Waals surface area contributed by atoms with Gasteiger partial charge in [-0.25, -0.2) is 0 Å². The summed E-state index contributed by atoms with van der Waals surface area (Å²) in [5.41, 5.74) is 1.92. The van der Waals surface area contributed by atoms with Crippen molar-refractivity contribution in [2.24, 2.45) is 0 Å². The molecule has 0 aliphatic carbocycles. The molecule has 0 amide bonds. The van der Waals surface area contributed by atoms with Gasteiger partial charge >= 0.3 is 0 Å². The van der Waals surface area contributed by atoms with Crippen LogP contribution in [-0.4, -0.2) is 5.78 Å². The Morgan fingerprint density at radius 3 is 2.84 bits per heavy atom. The second-order valence-electron chi connectivity index (χ2n) is 4.31. The van der Waals surface area contributed by atoms with E-state index >= 15 is 0 Å². The van der Waals surface area contributed by atoms with Crippen LogP contribution in [0.15, 0.2) is 52.3 Å². The average molecular weight is 268 g/mol. The third kappa shape index (κ3) is 2.37. The van der Waals surface area contributed by atoms with Gasteiger partial charge in [-0.15, -0.1) is 11.3 Å². The molecular weight excluding hydrogens is 256 g/mol. The summed E-state index contributed by atoms with van der Waals surface area (Å²) in [6.07, 6.45) is 3.41. The molecule has 0 saturated carbocycles. The quantitative estimate of drug-likeness (QED) is 0.509. The van der Waals surface area contributed by atoms with Crippen molar-refractivity contribution in [1.29, 1.82) is 0 Å². The van der Waals surface area contributed by atoms with Crippen LogP contribution in [0.5, 0.6) is 0 Å². The summed E-state index contributed by atoms with van der Waals surface area (Å²) in [6.45, 7) is 2.03. The van der Waals surface area contributed by atoms with Crippen LogP contribution < -0.4 is 0 Å². The van der Waals surface area contributed by atoms with Gasteiger partial charge in [0, 0.05) is 10.3 Å². The van der Waals surface area contributed by atoms with Crippen LogP contribution >= 0.6 is 11.3 Å². The third-order valence-electron chi connectivity index (χ3n) is 2.96. The first-order chi connectivity index (χ1) is 9.24. The topological polar surface area (TPSA) is 30.2 Å². The van der Waals surface area contributed by atoms with E-state index in [1.807, 2.05) is 48.7 Å². The van der Waals surface area contributed by atoms with Crippen LogP contribution in [0.2, 0.25) is 0 Å². The van der Waals surface area contributed by atoms with Crippen LogP contribution in [0.25, 0.3) is 17.0 Å². The van der Waals surface area contributed by atoms with Crippen LogP contribution in [0.1, 0.15) is 21.0 Å². The Hall–Kier alpha value is -2.13. The highest BCUT2D eigenvalue weighted by molar-refractivity contribution is 7.11. The summed E-state index contributed by atoms with van der Waals surface area (Å²) in [7, 11) is 0. The molecule has 3 aromatic rings. The zero-order valence-electron chi connectivity index (χ0n) is 10.4. The summed E-state index contributed by atoms with van der Waals surface area (Å²) in [5, 5.41) is 2.97. The molecule has 19 heavy (non-hydrogen) atoms. The predicted octanol–water partition coefficient (Wildman–Crippen LogP) is 4.70. The Morgan fingerprint density at radius 1 is 1.26 bits per heavy atom. The van der Waals surface area contributed by atoms with Gasteiger partial charge in [-0.3, -0.25) is 4.79 Å². The van der Waals surface area contributed by atoms with E-state index in [-0.39, 0.29) is 5.78 Å². The number of rotatable bonds is 3. The number of carbonyl (C=O) groups excluding carboxylic acids is 1. The van der Waals surface area contributed by atoms with E-state index in [2.05, 4.69) is 0 Å². The first-order valence-electron chi connectivity index (χ1n) is 5.99. The average Bonchev–Trinajstić information content (AvgIpc) is 3.01. The summed E-state index contributed by atoms with van der Waals surface area (Å²) in [6, 6.07) is 11.4. The molecule has 0 bridgehead atoms. The summed E-state index contributed by atoms with van der Waals surface area (Å²) in [4.78, 5) is 13.1. The van der Waals surface area contributed by atoms with Gasteiger partial charge in [-0.05, 0) is 48.2 Å². The van der Waals surface area contributed by atoms with E-state index in [9.17, 15) is 4.79 Å². The van der Waals surface area contributed by atoms with E-state index in [4.69, 9.17) is 4.42 Å². The zero-order chi connectivity index (χ0) is 13.2. The van der Waals surface area contributed by atoms with Crippen molar-refractivity contribution >= 4 is 34.2 Å². The minimum Gasteiger partial charge on any atom is -0.453 e. The number of furan rings is 1. The number of fused-ring (bicyclic) bond motifs is 1. The molecule has 0 N–H and O–H groups in total. The fraction of sp³-hybridized carbons (Fsp3) is 0.0625. The summed E-state index contributed by atoms with van der Waals surface area (Å²) < 4.78 is 5.53. The highest BCUT2D eigenvalue weighted by atomic mass is 32.1. The molecule has 0 atom stereocenters. The molecule has 0 aliphatic rings. The summed E-state index contributed by atoms with van der Waals surface area (Å²) >= 11 is 1.62. The Balaban J connectivity index is 1.88. The molecule has 3 heteroatoms. The van der Waals surface area contributed by atoms with Crippen molar-refractivity contribution in [3.63, 3.8) is 0 Å². The van der Waals surface area contributed by atoms with Crippen LogP contribution in [0.3, 0.4) is 0 Å². The Morgan fingerprint density at radius 2 is 2.11 bits per heavy atom. The van der Waals surface area contributed by atoms with Crippen LogP contribution in [-0.2, 0) is 0 Å². The maximum Gasteiger partial charge on any atom is 0.221 e. The molecule has 2 heterocycles. The third-order valence-corrected chi connectivity index (χ3v) is 3.94. The van der Waals surface area contributed by atoms with Crippen LogP contribution in [0, 0.1) is 6.92 Å². The molecule has 2 aromatic heterocycles. The fourth-order valence-electron chi connectivity index (χ4n) is 1.89. The van der Waals surface area contributed by atoms with Gasteiger partial charge in [0.2, 0.25) is 5.78 Å². The molecule has 0 unspecified atom stereocenters. The largest absolute Gasteiger partial charge is 0.453 e. The van der Waals surface area contributed by atoms with Gasteiger partial charge in [-0.1, -0.05) is 18.2 Å². The second kappa shape index (κ2) is 4.86. The van der Waals surface area contributed by atoms with Crippen molar-refractivity contribution in [2.45, 2.75) is 6.92 Å². The van der Waals surface area contributed by atoms with Gasteiger partial charge in [-0.2, -0.15) is 0 Å². The highest BCUT2D eigenvalue weighted by Crippen LogP contribution is 2.21. The predicted molar refractivity (Wildman–Crippen MR) is 78.6 cm³/mol. The van der Waals surface area contributed by atoms with Crippen molar-refractivity contribution in [2.75, 3.05) is 0 Å². The first-order valence-corrected chi connectivity index (χ1v) is 6.87. The molecular formula is C16H12O2S. The van der Waals surface area contributed by atoms with E-state index in [0.717, 1.165) is 15.8 Å². The fourth-order valence-corrected chi connectivity index (χ4v) is 2.71. The number of benzene rings is 1. The van der Waals surface area contributed by atoms with E-state index < -0.39 is 0 Å². The van der Waals surface area contributed by atoms with Crippen molar-refractivity contribution in [1.82, 2.24) is 0 Å². The second-order valence-corrected chi connectivity index (χ2v) is 5.26. The SMILES string of the molecule is Cc1ccsc1/C=C/C(=O)c1cc2ccccc2o1. The molecule has 0 spiro atoms. The minimum absolute atomic E-state index is 0.107. The lowest BCUT2D eigenvalue weighted by Gasteiger charge is -1.90. The molecule has 0 fully saturated rings. The number of allylic oxidation sites excluding steroid dienone is 1. The summed E-state index contributed by atoms with van der Waals surface area (Å²) in [5.74, 6) is 0.274. The van der Waals surface area contributed by atoms with Gasteiger partial charge in [0.25, 0.3) is 0 Å². The maximum absolute atomic E-state index is 12.0. The van der Waals surface area contributed by atoms with Crippen molar-refractivity contribution < 1.29 is 9.21 Å². The Labute approximate surface area is 115 Å². The van der Waals surface area contributed by atoms with Gasteiger partial charge in [0.1, 0.15) is 5.58 Å². The highest BCUT2D eigenvalue weighted by Gasteiger charge is 2.09. The molecule has 3 rings (SSSR count). The molecule has 0 aliphatic heterocycles. The molecule has 2 nitrogen and oxygen atoms in total. The van der Waals surface area contributed by atoms with E-state index in [1.165, 1.54) is 5.56 Å². The lowest BCUT2D eigenvalue weighted by atomic mass is 10.2. The maximum atomic E-state index is 12.0. The normalized spacial score (nSPS) is 11.4. The zero-order valence-corrected chi connectivity index (χ0v) is 11.2. The standard InChI is InChI=1S/C16H12O2S/c1-11-8-9-19-16(11)7-6-13(17)15-10-12-4-2-3-5-14(12)18-15/h2-10H,1H3/b7-6+. The monoisotopic (exact) mass is 268 g/mol. The molecule has 94 valence electrons. The van der Waals surface area contributed by atoms with E-state index in [0.29, 0.717) is 5.76 Å². The van der Waals surface area contributed by atoms with Crippen LogP contribution in [0.4, 0.5) is 0 Å². The lowest BCUT2D eigenvalue weighted by molar-refractivity contribution is 0.102. The number of para-hydroxylation sites is 1. The molecule has 0 saturated heterocycles. The number of aryl methyl sites for hydroxylation is 1. The van der Waals surface area contributed by atoms with Gasteiger partial charge in [0.05, 0.1) is 0 Å². The van der Waals surface area contributed by atoms with Gasteiger partial charge in [0.15, 0.2) is 5.76 Å². The van der Waals surface area contributed by atoms with Crippen molar-refractivity contribution in [3.05, 3.63) is 64.1 Å². The number of hydrogen-bond donors (Lipinski definition) is 0. The first kappa shape index (κ1) is 11.9. The van der Waals surface area contributed by atoms with Gasteiger partial charge < -0.3 is 4.42 Å². The minimum atomic E-state index is -0.107. The van der Waals surface area contributed by atoms with E-state index in [1.54, 1.807) is 23.5 Å². The van der Waals surface area contributed by atoms with Crippen molar-refractivity contribution in [3.8, 4) is 0 Å². The number of carbonyl (C=O) groups is 1. The number of ketones is 1. The number of hydrogen-bond acceptors (Lipinski definition) is 3. The lowest BCUT2D eigenvalue weighted by Crippen LogP contribution is -1.90. The number of thiophene rings is 1. The molecule has 1 aromatic carbocycles. The Bertz CT molecular complexity index is 729. The Kier molecular flexibility index (Phi) is 3.05. The molecule has 0 radical (unpaired) electrons. The smallest absolute Gasteiger partial charge is 0.221 e.